The second-order valence-electron chi connectivity index (χ2n) is 8.94. The Labute approximate surface area is 210 Å². The van der Waals surface area contributed by atoms with Crippen molar-refractivity contribution in [1.29, 1.82) is 0 Å². The fourth-order valence-corrected chi connectivity index (χ4v) is 5.35. The zero-order valence-corrected chi connectivity index (χ0v) is 21.4. The van der Waals surface area contributed by atoms with Gasteiger partial charge in [-0.25, -0.2) is 18.4 Å². The van der Waals surface area contributed by atoms with Gasteiger partial charge in [-0.1, -0.05) is 31.2 Å². The number of hydrogen-bond acceptors (Lipinski definition) is 7. The number of nitrogens with one attached hydrogen (secondary N) is 1. The topological polar surface area (TPSA) is 102 Å². The third-order valence-electron chi connectivity index (χ3n) is 6.46. The number of sulfone groups is 1. The number of allylic oxidation sites excluding steroid dienone is 1. The maximum absolute atomic E-state index is 11.9. The molecule has 0 bridgehead atoms. The molecule has 36 heavy (non-hydrogen) atoms. The summed E-state index contributed by atoms with van der Waals surface area (Å²) in [5, 5.41) is 10.9. The van der Waals surface area contributed by atoms with Gasteiger partial charge < -0.3 is 19.9 Å². The molecule has 2 aromatic heterocycles. The van der Waals surface area contributed by atoms with Crippen molar-refractivity contribution >= 4 is 32.2 Å². The summed E-state index contributed by atoms with van der Waals surface area (Å²) in [6.45, 7) is 5.01. The van der Waals surface area contributed by atoms with E-state index in [9.17, 15) is 13.5 Å². The normalized spacial score (nSPS) is 13.7. The number of aryl methyl sites for hydroxylation is 1. The third kappa shape index (κ3) is 4.36. The van der Waals surface area contributed by atoms with Gasteiger partial charge in [0, 0.05) is 53.9 Å². The SMILES string of the molecule is CCC1=CN(Cc2ccc(S(C)(=O)=O)cc2)c2c(C)nc(-c3cccc4[nH]ccc34)nc2N1CCO. The van der Waals surface area contributed by atoms with Gasteiger partial charge >= 0.3 is 0 Å². The molecule has 8 nitrogen and oxygen atoms in total. The predicted octanol–water partition coefficient (Wildman–Crippen LogP) is 4.41. The van der Waals surface area contributed by atoms with E-state index in [-0.39, 0.29) is 6.61 Å². The van der Waals surface area contributed by atoms with E-state index in [4.69, 9.17) is 9.97 Å². The van der Waals surface area contributed by atoms with Crippen LogP contribution in [-0.2, 0) is 16.4 Å². The molecule has 2 aromatic carbocycles. The Kier molecular flexibility index (Phi) is 6.27. The van der Waals surface area contributed by atoms with E-state index in [1.54, 1.807) is 12.1 Å². The number of anilines is 2. The van der Waals surface area contributed by atoms with Gasteiger partial charge in [0.1, 0.15) is 5.69 Å². The Morgan fingerprint density at radius 2 is 1.83 bits per heavy atom. The minimum atomic E-state index is -3.26. The van der Waals surface area contributed by atoms with Crippen LogP contribution in [-0.4, -0.2) is 47.9 Å². The number of aliphatic hydroxyl groups excluding tert-OH is 1. The van der Waals surface area contributed by atoms with Crippen LogP contribution in [0.1, 0.15) is 24.6 Å². The Morgan fingerprint density at radius 3 is 2.53 bits per heavy atom. The van der Waals surface area contributed by atoms with Crippen LogP contribution in [0.4, 0.5) is 11.5 Å². The number of nitrogens with zero attached hydrogens (tertiary/aromatic N) is 4. The van der Waals surface area contributed by atoms with Gasteiger partial charge in [0.25, 0.3) is 0 Å². The van der Waals surface area contributed by atoms with Crippen LogP contribution < -0.4 is 9.80 Å². The summed E-state index contributed by atoms with van der Waals surface area (Å²) in [5.41, 5.74) is 5.66. The molecule has 0 amide bonds. The smallest absolute Gasteiger partial charge is 0.175 e. The predicted molar refractivity (Wildman–Crippen MR) is 143 cm³/mol. The molecule has 0 fully saturated rings. The van der Waals surface area contributed by atoms with E-state index >= 15 is 0 Å². The molecule has 1 aliphatic heterocycles. The summed E-state index contributed by atoms with van der Waals surface area (Å²) in [4.78, 5) is 17.7. The zero-order chi connectivity index (χ0) is 25.4. The lowest BCUT2D eigenvalue weighted by Crippen LogP contribution is -2.35. The molecule has 5 rings (SSSR count). The van der Waals surface area contributed by atoms with Crippen LogP contribution in [0.2, 0.25) is 0 Å². The van der Waals surface area contributed by atoms with E-state index in [0.29, 0.717) is 23.8 Å². The van der Waals surface area contributed by atoms with Crippen molar-refractivity contribution in [2.24, 2.45) is 0 Å². The molecule has 2 N–H and O–H groups in total. The number of fused-ring (bicyclic) bond motifs is 2. The lowest BCUT2D eigenvalue weighted by Gasteiger charge is -2.37. The molecule has 0 radical (unpaired) electrons. The van der Waals surface area contributed by atoms with Gasteiger partial charge in [-0.2, -0.15) is 0 Å². The van der Waals surface area contributed by atoms with Crippen molar-refractivity contribution in [3.8, 4) is 11.4 Å². The highest BCUT2D eigenvalue weighted by molar-refractivity contribution is 7.90. The van der Waals surface area contributed by atoms with Gasteiger partial charge in [0.05, 0.1) is 17.2 Å². The molecule has 1 aliphatic rings. The van der Waals surface area contributed by atoms with Crippen LogP contribution in [0.15, 0.2) is 71.5 Å². The molecule has 0 aliphatic carbocycles. The minimum absolute atomic E-state index is 0.00445. The molecule has 0 unspecified atom stereocenters. The third-order valence-corrected chi connectivity index (χ3v) is 7.59. The molecule has 9 heteroatoms. The number of aliphatic hydroxyl groups is 1. The second-order valence-corrected chi connectivity index (χ2v) is 11.0. The Balaban J connectivity index is 1.61. The van der Waals surface area contributed by atoms with Gasteiger partial charge in [-0.05, 0) is 43.2 Å². The van der Waals surface area contributed by atoms with Gasteiger partial charge in [0.15, 0.2) is 21.5 Å². The van der Waals surface area contributed by atoms with Crippen LogP contribution >= 0.6 is 0 Å². The molecule has 186 valence electrons. The summed E-state index contributed by atoms with van der Waals surface area (Å²) in [6.07, 6.45) is 5.95. The van der Waals surface area contributed by atoms with E-state index in [1.165, 1.54) is 6.26 Å². The molecular formula is C27H29N5O3S. The van der Waals surface area contributed by atoms with Crippen LogP contribution in [0.3, 0.4) is 0 Å². The lowest BCUT2D eigenvalue weighted by molar-refractivity contribution is 0.303. The number of benzene rings is 2. The van der Waals surface area contributed by atoms with Crippen LogP contribution in [0.5, 0.6) is 0 Å². The number of H-pyrrole nitrogens is 1. The number of aromatic amines is 1. The zero-order valence-electron chi connectivity index (χ0n) is 20.6. The Morgan fingerprint density at radius 1 is 1.06 bits per heavy atom. The Hall–Kier alpha value is -3.69. The fraction of sp³-hybridized carbons (Fsp3) is 0.259. The van der Waals surface area contributed by atoms with Crippen molar-refractivity contribution in [3.63, 3.8) is 0 Å². The summed E-state index contributed by atoms with van der Waals surface area (Å²) >= 11 is 0. The first kappa shape index (κ1) is 24.0. The van der Waals surface area contributed by atoms with Crippen molar-refractivity contribution in [1.82, 2.24) is 15.0 Å². The quantitative estimate of drug-likeness (QED) is 0.385. The summed E-state index contributed by atoms with van der Waals surface area (Å²) in [7, 11) is -3.26. The van der Waals surface area contributed by atoms with E-state index in [2.05, 4.69) is 27.9 Å². The van der Waals surface area contributed by atoms with Crippen molar-refractivity contribution in [2.45, 2.75) is 31.7 Å². The molecule has 0 saturated heterocycles. The molecule has 4 aromatic rings. The molecular weight excluding hydrogens is 474 g/mol. The fourth-order valence-electron chi connectivity index (χ4n) is 4.72. The summed E-state index contributed by atoms with van der Waals surface area (Å²) in [5.74, 6) is 1.39. The highest BCUT2D eigenvalue weighted by Gasteiger charge is 2.29. The number of rotatable bonds is 7. The number of β-amino-alcohol motifs (C(OH)–C–C–N with tert-alkyl or cyclic N) is 1. The highest BCUT2D eigenvalue weighted by atomic mass is 32.2. The largest absolute Gasteiger partial charge is 0.395 e. The number of aromatic nitrogens is 3. The van der Waals surface area contributed by atoms with Crippen molar-refractivity contribution in [2.75, 3.05) is 29.2 Å². The average molecular weight is 504 g/mol. The standard InChI is InChI=1S/C27H29N5O3S/c1-4-20-17-31(16-19-8-10-21(11-9-19)36(3,34)35)25-18(2)29-26(30-27(25)32(20)14-15-33)23-6-5-7-24-22(23)12-13-28-24/h5-13,17,28,33H,4,14-16H2,1-3H3. The molecule has 0 atom stereocenters. The first-order valence-corrected chi connectivity index (χ1v) is 13.8. The van der Waals surface area contributed by atoms with E-state index in [0.717, 1.165) is 51.3 Å². The van der Waals surface area contributed by atoms with Gasteiger partial charge in [-0.15, -0.1) is 0 Å². The van der Waals surface area contributed by atoms with Crippen molar-refractivity contribution in [3.05, 3.63) is 77.9 Å². The monoisotopic (exact) mass is 503 g/mol. The second kappa shape index (κ2) is 9.40. The van der Waals surface area contributed by atoms with Crippen LogP contribution in [0, 0.1) is 6.92 Å². The molecule has 3 heterocycles. The minimum Gasteiger partial charge on any atom is -0.395 e. The lowest BCUT2D eigenvalue weighted by atomic mass is 10.1. The average Bonchev–Trinajstić information content (AvgIpc) is 3.34. The first-order chi connectivity index (χ1) is 17.3. The van der Waals surface area contributed by atoms with Gasteiger partial charge in [-0.3, -0.25) is 0 Å². The maximum Gasteiger partial charge on any atom is 0.175 e. The van der Waals surface area contributed by atoms with Gasteiger partial charge in [0.2, 0.25) is 0 Å². The van der Waals surface area contributed by atoms with E-state index < -0.39 is 9.84 Å². The number of hydrogen-bond donors (Lipinski definition) is 2. The first-order valence-electron chi connectivity index (χ1n) is 11.9. The summed E-state index contributed by atoms with van der Waals surface area (Å²) in [6, 6.07) is 15.0. The molecule has 0 saturated carbocycles. The van der Waals surface area contributed by atoms with Crippen LogP contribution in [0.25, 0.3) is 22.3 Å². The maximum atomic E-state index is 11.9. The Bertz CT molecular complexity index is 1560. The van der Waals surface area contributed by atoms with Crippen molar-refractivity contribution < 1.29 is 13.5 Å². The van der Waals surface area contributed by atoms with E-state index in [1.807, 2.05) is 49.5 Å². The molecule has 0 spiro atoms. The summed E-state index contributed by atoms with van der Waals surface area (Å²) < 4.78 is 23.7. The highest BCUT2D eigenvalue weighted by Crippen LogP contribution is 2.40.